The summed E-state index contributed by atoms with van der Waals surface area (Å²) in [5.41, 5.74) is 0. The summed E-state index contributed by atoms with van der Waals surface area (Å²) >= 11 is 0. The molecule has 0 aliphatic rings. The second-order valence-corrected chi connectivity index (χ2v) is 2.20. The highest BCUT2D eigenvalue weighted by Gasteiger charge is 2.42. The molecule has 0 N–H and O–H groups in total. The average Bonchev–Trinajstić information content (AvgIpc) is 1.84. The summed E-state index contributed by atoms with van der Waals surface area (Å²) in [6.45, 7) is -1.94. The minimum absolute atomic E-state index is 1.94. The zero-order chi connectivity index (χ0) is 9.07. The van der Waals surface area contributed by atoms with Crippen molar-refractivity contribution < 1.29 is 30.5 Å². The molecule has 0 fully saturated rings. The van der Waals surface area contributed by atoms with Crippen molar-refractivity contribution in [3.05, 3.63) is 0 Å². The highest BCUT2D eigenvalue weighted by Crippen LogP contribution is 2.41. The molecule has 0 saturated heterocycles. The fourth-order valence-corrected chi connectivity index (χ4v) is 0.468. The van der Waals surface area contributed by atoms with Crippen LogP contribution in [0.1, 0.15) is 0 Å². The molecule has 1 nitrogen and oxygen atoms in total. The zero-order valence-electron chi connectivity index (χ0n) is 4.91. The third-order valence-electron chi connectivity index (χ3n) is 0.674. The van der Waals surface area contributed by atoms with Gasteiger partial charge in [0, 0.05) is 0 Å². The van der Waals surface area contributed by atoms with Crippen molar-refractivity contribution in [2.75, 3.05) is 6.61 Å². The largest absolute Gasteiger partial charge is 0.415 e. The summed E-state index contributed by atoms with van der Waals surface area (Å²) in [5, 5.41) is 0. The minimum atomic E-state index is -4.49. The highest BCUT2D eigenvalue weighted by molar-refractivity contribution is 7.40. The van der Waals surface area contributed by atoms with Crippen LogP contribution in [0.25, 0.3) is 0 Å². The van der Waals surface area contributed by atoms with Crippen LogP contribution in [-0.2, 0) is 4.52 Å². The van der Waals surface area contributed by atoms with E-state index in [0.717, 1.165) is 0 Å². The molecule has 0 aliphatic carbocycles. The standard InChI is InChI=1S/C3H3F6OP/c4-2(5)3(6,7)1-10-11(8)9/h2H,1H2. The quantitative estimate of drug-likeness (QED) is 0.500. The van der Waals surface area contributed by atoms with Crippen molar-refractivity contribution in [1.82, 2.24) is 0 Å². The molecule has 11 heavy (non-hydrogen) atoms. The summed E-state index contributed by atoms with van der Waals surface area (Å²) in [7, 11) is -4.00. The Balaban J connectivity index is 3.73. The van der Waals surface area contributed by atoms with E-state index < -0.39 is 27.7 Å². The fraction of sp³-hybridized carbons (Fsp3) is 1.00. The van der Waals surface area contributed by atoms with Crippen molar-refractivity contribution >= 4 is 8.77 Å². The lowest BCUT2D eigenvalue weighted by atomic mass is 10.4. The smallest absolute Gasteiger partial charge is 0.299 e. The van der Waals surface area contributed by atoms with Gasteiger partial charge in [0.15, 0.2) is 0 Å². The van der Waals surface area contributed by atoms with Gasteiger partial charge in [0.2, 0.25) is 0 Å². The van der Waals surface area contributed by atoms with Crippen LogP contribution in [0.5, 0.6) is 0 Å². The predicted molar refractivity (Wildman–Crippen MR) is 26.0 cm³/mol. The van der Waals surface area contributed by atoms with Crippen molar-refractivity contribution in [3.63, 3.8) is 0 Å². The Kier molecular flexibility index (Phi) is 4.10. The Bertz CT molecular complexity index is 116. The summed E-state index contributed by atoms with van der Waals surface area (Å²) in [4.78, 5) is 0. The average molecular weight is 200 g/mol. The van der Waals surface area contributed by atoms with Gasteiger partial charge in [0.1, 0.15) is 6.61 Å². The van der Waals surface area contributed by atoms with Gasteiger partial charge in [-0.15, -0.1) is 0 Å². The zero-order valence-corrected chi connectivity index (χ0v) is 5.80. The van der Waals surface area contributed by atoms with Gasteiger partial charge in [-0.25, -0.2) is 8.78 Å². The molecule has 0 aromatic heterocycles. The third kappa shape index (κ3) is 4.42. The summed E-state index contributed by atoms with van der Waals surface area (Å²) < 4.78 is 71.1. The molecule has 0 radical (unpaired) electrons. The van der Waals surface area contributed by atoms with Gasteiger partial charge >= 0.3 is 21.1 Å². The van der Waals surface area contributed by atoms with E-state index in [1.54, 1.807) is 0 Å². The molecule has 8 heteroatoms. The third-order valence-corrected chi connectivity index (χ3v) is 0.998. The maximum absolute atomic E-state index is 11.7. The first kappa shape index (κ1) is 11.0. The van der Waals surface area contributed by atoms with Gasteiger partial charge in [-0.05, 0) is 0 Å². The second-order valence-electron chi connectivity index (χ2n) is 1.54. The van der Waals surface area contributed by atoms with Crippen molar-refractivity contribution in [1.29, 1.82) is 0 Å². The van der Waals surface area contributed by atoms with Crippen LogP contribution in [0.2, 0.25) is 0 Å². The van der Waals surface area contributed by atoms with E-state index in [0.29, 0.717) is 0 Å². The molecule has 0 aromatic carbocycles. The van der Waals surface area contributed by atoms with E-state index in [4.69, 9.17) is 0 Å². The van der Waals surface area contributed by atoms with Crippen LogP contribution in [0.3, 0.4) is 0 Å². The summed E-state index contributed by atoms with van der Waals surface area (Å²) in [6, 6.07) is 0. The second kappa shape index (κ2) is 4.11. The molecule has 0 spiro atoms. The van der Waals surface area contributed by atoms with E-state index >= 15 is 0 Å². The normalized spacial score (nSPS) is 13.1. The monoisotopic (exact) mass is 200 g/mol. The number of hydrogen-bond acceptors (Lipinski definition) is 1. The van der Waals surface area contributed by atoms with E-state index in [-0.39, 0.29) is 0 Å². The van der Waals surface area contributed by atoms with Crippen LogP contribution >= 0.6 is 8.77 Å². The molecular formula is C3H3F6OP. The van der Waals surface area contributed by atoms with Crippen LogP contribution < -0.4 is 0 Å². The first-order valence-electron chi connectivity index (χ1n) is 2.27. The van der Waals surface area contributed by atoms with Crippen LogP contribution in [0.15, 0.2) is 0 Å². The Morgan fingerprint density at radius 3 is 2.00 bits per heavy atom. The van der Waals surface area contributed by atoms with Gasteiger partial charge in [-0.1, -0.05) is 0 Å². The van der Waals surface area contributed by atoms with E-state index in [1.807, 2.05) is 0 Å². The molecule has 0 aliphatic heterocycles. The maximum atomic E-state index is 11.7. The number of rotatable bonds is 4. The highest BCUT2D eigenvalue weighted by atomic mass is 31.2. The van der Waals surface area contributed by atoms with Crippen LogP contribution in [0.4, 0.5) is 26.0 Å². The molecular weight excluding hydrogens is 197 g/mol. The fourth-order valence-electron chi connectivity index (χ4n) is 0.198. The molecule has 68 valence electrons. The molecule has 0 aromatic rings. The van der Waals surface area contributed by atoms with Crippen molar-refractivity contribution in [2.24, 2.45) is 0 Å². The van der Waals surface area contributed by atoms with Gasteiger partial charge in [-0.3, -0.25) is 4.52 Å². The van der Waals surface area contributed by atoms with E-state index in [9.17, 15) is 26.0 Å². The summed E-state index contributed by atoms with van der Waals surface area (Å²) in [5.74, 6) is -4.49. The topological polar surface area (TPSA) is 9.23 Å². The first-order valence-corrected chi connectivity index (χ1v) is 3.31. The minimum Gasteiger partial charge on any atom is -0.299 e. The molecule has 0 heterocycles. The molecule has 0 saturated carbocycles. The first-order chi connectivity index (χ1) is 4.86. The van der Waals surface area contributed by atoms with Crippen LogP contribution in [0, 0.1) is 0 Å². The van der Waals surface area contributed by atoms with Gasteiger partial charge in [0.05, 0.1) is 0 Å². The summed E-state index contributed by atoms with van der Waals surface area (Å²) in [6.07, 6.45) is -3.97. The van der Waals surface area contributed by atoms with Gasteiger partial charge in [-0.2, -0.15) is 17.2 Å². The molecule has 0 unspecified atom stereocenters. The Morgan fingerprint density at radius 2 is 1.73 bits per heavy atom. The number of halogens is 6. The van der Waals surface area contributed by atoms with Gasteiger partial charge < -0.3 is 0 Å². The predicted octanol–water partition coefficient (Wildman–Crippen LogP) is 3.07. The Morgan fingerprint density at radius 1 is 1.27 bits per heavy atom. The Hall–Kier alpha value is -0.0300. The van der Waals surface area contributed by atoms with Crippen LogP contribution in [-0.4, -0.2) is 19.0 Å². The van der Waals surface area contributed by atoms with E-state index in [1.165, 1.54) is 0 Å². The van der Waals surface area contributed by atoms with E-state index in [2.05, 4.69) is 4.52 Å². The number of hydrogen-bond donors (Lipinski definition) is 0. The van der Waals surface area contributed by atoms with Crippen molar-refractivity contribution in [2.45, 2.75) is 12.3 Å². The van der Waals surface area contributed by atoms with Crippen molar-refractivity contribution in [3.8, 4) is 0 Å². The molecule has 0 rings (SSSR count). The number of alkyl halides is 4. The molecule has 0 atom stereocenters. The van der Waals surface area contributed by atoms with Gasteiger partial charge in [0.25, 0.3) is 0 Å². The molecule has 0 bridgehead atoms. The lowest BCUT2D eigenvalue weighted by Gasteiger charge is -2.13. The lowest BCUT2D eigenvalue weighted by molar-refractivity contribution is -0.148. The lowest BCUT2D eigenvalue weighted by Crippen LogP contribution is -2.31. The molecule has 0 amide bonds. The maximum Gasteiger partial charge on any atom is 0.415 e. The SMILES string of the molecule is FC(F)C(F)(F)COP(F)F. The Labute approximate surface area is 59.4 Å².